The van der Waals surface area contributed by atoms with Crippen LogP contribution in [0.2, 0.25) is 15.1 Å². The number of nitrogens with one attached hydrogen (secondary N) is 1. The number of anilines is 1. The van der Waals surface area contributed by atoms with Gasteiger partial charge in [-0.3, -0.25) is 4.79 Å². The Bertz CT molecular complexity index is 1410. The second-order valence-electron chi connectivity index (χ2n) is 7.66. The summed E-state index contributed by atoms with van der Waals surface area (Å²) in [6.45, 7) is 2.02. The number of thioether (sulfide) groups is 1. The summed E-state index contributed by atoms with van der Waals surface area (Å²) in [6.07, 6.45) is 0. The average molecular weight is 539 g/mol. The fraction of sp³-hybridized carbons (Fsp3) is 0.0741. The summed E-state index contributed by atoms with van der Waals surface area (Å²) < 4.78 is 0. The molecule has 35 heavy (non-hydrogen) atoms. The Morgan fingerprint density at radius 1 is 0.971 bits per heavy atom. The Hall–Kier alpha value is -3.01. The van der Waals surface area contributed by atoms with Crippen molar-refractivity contribution in [3.63, 3.8) is 0 Å². The molecule has 1 aromatic heterocycles. The molecule has 4 nitrogen and oxygen atoms in total. The van der Waals surface area contributed by atoms with Crippen LogP contribution >= 0.6 is 46.6 Å². The van der Waals surface area contributed by atoms with Gasteiger partial charge in [0.1, 0.15) is 11.1 Å². The van der Waals surface area contributed by atoms with Gasteiger partial charge in [-0.15, -0.1) is 0 Å². The number of rotatable bonds is 6. The molecule has 0 radical (unpaired) electrons. The third-order valence-electron chi connectivity index (χ3n) is 5.14. The van der Waals surface area contributed by atoms with Gasteiger partial charge in [-0.25, -0.2) is 4.98 Å². The highest BCUT2D eigenvalue weighted by Gasteiger charge is 2.18. The molecule has 0 aliphatic heterocycles. The Morgan fingerprint density at radius 2 is 1.63 bits per heavy atom. The van der Waals surface area contributed by atoms with E-state index in [1.54, 1.807) is 0 Å². The van der Waals surface area contributed by atoms with Gasteiger partial charge in [0.2, 0.25) is 5.91 Å². The summed E-state index contributed by atoms with van der Waals surface area (Å²) in [5.74, 6) is -0.337. The van der Waals surface area contributed by atoms with Gasteiger partial charge < -0.3 is 5.32 Å². The normalized spacial score (nSPS) is 10.6. The summed E-state index contributed by atoms with van der Waals surface area (Å²) in [5.41, 5.74) is 5.12. The Balaban J connectivity index is 1.68. The van der Waals surface area contributed by atoms with Crippen LogP contribution in [0, 0.1) is 18.3 Å². The maximum Gasteiger partial charge on any atom is 0.234 e. The molecule has 0 aliphatic carbocycles. The van der Waals surface area contributed by atoms with Crippen molar-refractivity contribution in [2.75, 3.05) is 11.1 Å². The summed E-state index contributed by atoms with van der Waals surface area (Å²) in [6, 6.07) is 24.9. The topological polar surface area (TPSA) is 65.8 Å². The zero-order chi connectivity index (χ0) is 24.9. The number of hydrogen-bond donors (Lipinski definition) is 1. The number of hydrogen-bond acceptors (Lipinski definition) is 4. The average Bonchev–Trinajstić information content (AvgIpc) is 2.85. The molecule has 4 rings (SSSR count). The van der Waals surface area contributed by atoms with Crippen LogP contribution < -0.4 is 5.32 Å². The minimum atomic E-state index is -0.339. The number of amides is 1. The van der Waals surface area contributed by atoms with Gasteiger partial charge in [-0.1, -0.05) is 107 Å². The first-order valence-electron chi connectivity index (χ1n) is 10.5. The quantitative estimate of drug-likeness (QED) is 0.251. The maximum atomic E-state index is 12.7. The zero-order valence-corrected chi connectivity index (χ0v) is 21.6. The van der Waals surface area contributed by atoms with Gasteiger partial charge in [-0.2, -0.15) is 5.26 Å². The number of aryl methyl sites for hydroxylation is 1. The van der Waals surface area contributed by atoms with Crippen LogP contribution in [-0.4, -0.2) is 16.6 Å². The highest BCUT2D eigenvalue weighted by atomic mass is 35.5. The lowest BCUT2D eigenvalue weighted by molar-refractivity contribution is -0.113. The molecule has 3 aromatic carbocycles. The number of nitriles is 1. The van der Waals surface area contributed by atoms with E-state index < -0.39 is 0 Å². The molecule has 0 saturated heterocycles. The Morgan fingerprint density at radius 3 is 2.26 bits per heavy atom. The largest absolute Gasteiger partial charge is 0.323 e. The van der Waals surface area contributed by atoms with Crippen LogP contribution in [0.15, 0.2) is 77.8 Å². The molecule has 0 bridgehead atoms. The molecule has 0 fully saturated rings. The summed E-state index contributed by atoms with van der Waals surface area (Å²) >= 11 is 19.5. The number of nitrogens with zero attached hydrogens (tertiary/aromatic N) is 2. The number of halogens is 3. The molecule has 1 heterocycles. The van der Waals surface area contributed by atoms with Crippen molar-refractivity contribution >= 4 is 58.2 Å². The Kier molecular flexibility index (Phi) is 8.00. The lowest BCUT2D eigenvalue weighted by Gasteiger charge is -2.13. The molecule has 1 amide bonds. The molecule has 0 atom stereocenters. The number of carbonyl (C=O) groups is 1. The molecule has 174 valence electrons. The van der Waals surface area contributed by atoms with E-state index in [1.807, 2.05) is 67.6 Å². The Labute approximate surface area is 222 Å². The minimum Gasteiger partial charge on any atom is -0.323 e. The lowest BCUT2D eigenvalue weighted by atomic mass is 9.99. The van der Waals surface area contributed by atoms with Crippen LogP contribution in [0.25, 0.3) is 22.4 Å². The molecular formula is C27H18Cl3N3OS. The van der Waals surface area contributed by atoms with E-state index in [2.05, 4.69) is 11.4 Å². The summed E-state index contributed by atoms with van der Waals surface area (Å²) in [4.78, 5) is 17.5. The van der Waals surface area contributed by atoms with E-state index in [1.165, 1.54) is 23.9 Å². The van der Waals surface area contributed by atoms with Gasteiger partial charge in [0.25, 0.3) is 0 Å². The second-order valence-corrected chi connectivity index (χ2v) is 9.88. The highest BCUT2D eigenvalue weighted by molar-refractivity contribution is 8.00. The first kappa shape index (κ1) is 25.1. The molecule has 0 unspecified atom stereocenters. The van der Waals surface area contributed by atoms with Gasteiger partial charge in [0.05, 0.1) is 32.7 Å². The minimum absolute atomic E-state index is 0.00252. The van der Waals surface area contributed by atoms with Crippen molar-refractivity contribution in [1.82, 2.24) is 4.98 Å². The van der Waals surface area contributed by atoms with Crippen LogP contribution in [0.4, 0.5) is 5.69 Å². The van der Waals surface area contributed by atoms with Gasteiger partial charge >= 0.3 is 0 Å². The van der Waals surface area contributed by atoms with E-state index in [9.17, 15) is 10.1 Å². The molecule has 1 N–H and O–H groups in total. The van der Waals surface area contributed by atoms with Crippen LogP contribution in [-0.2, 0) is 4.79 Å². The van der Waals surface area contributed by atoms with Crippen molar-refractivity contribution in [3.05, 3.63) is 99.0 Å². The zero-order valence-electron chi connectivity index (χ0n) is 18.5. The number of pyridine rings is 1. The number of benzene rings is 3. The van der Waals surface area contributed by atoms with Crippen molar-refractivity contribution in [2.24, 2.45) is 0 Å². The van der Waals surface area contributed by atoms with Crippen molar-refractivity contribution in [3.8, 4) is 28.5 Å². The summed E-state index contributed by atoms with van der Waals surface area (Å²) in [5, 5.41) is 14.0. The van der Waals surface area contributed by atoms with Gasteiger partial charge in [-0.05, 0) is 30.7 Å². The monoisotopic (exact) mass is 537 g/mol. The van der Waals surface area contributed by atoms with Gasteiger partial charge in [0, 0.05) is 16.1 Å². The molecule has 0 aliphatic rings. The third kappa shape index (κ3) is 5.98. The standard InChI is InChI=1S/C27H18Cl3N3OS/c1-16-7-9-18(10-8-16)24-13-20(17-5-3-2-4-6-17)21(14-31)27(32-24)35-15-25(34)33-26-22(29)11-19(28)12-23(26)30/h2-13H,15H2,1H3,(H,33,34). The first-order valence-corrected chi connectivity index (χ1v) is 12.6. The number of carbonyl (C=O) groups excluding carboxylic acids is 1. The van der Waals surface area contributed by atoms with Crippen molar-refractivity contribution in [1.29, 1.82) is 5.26 Å². The molecular weight excluding hydrogens is 521 g/mol. The fourth-order valence-electron chi connectivity index (χ4n) is 3.42. The molecule has 0 spiro atoms. The predicted molar refractivity (Wildman–Crippen MR) is 145 cm³/mol. The molecule has 0 saturated carbocycles. The highest BCUT2D eigenvalue weighted by Crippen LogP contribution is 2.36. The third-order valence-corrected chi connectivity index (χ3v) is 6.93. The smallest absolute Gasteiger partial charge is 0.234 e. The lowest BCUT2D eigenvalue weighted by Crippen LogP contribution is -2.15. The molecule has 8 heteroatoms. The van der Waals surface area contributed by atoms with E-state index in [0.717, 1.165) is 27.9 Å². The maximum absolute atomic E-state index is 12.7. The fourth-order valence-corrected chi connectivity index (χ4v) is 5.14. The van der Waals surface area contributed by atoms with E-state index in [-0.39, 0.29) is 27.4 Å². The predicted octanol–water partition coefficient (Wildman–Crippen LogP) is 8.29. The van der Waals surface area contributed by atoms with Crippen LogP contribution in [0.5, 0.6) is 0 Å². The van der Waals surface area contributed by atoms with E-state index >= 15 is 0 Å². The van der Waals surface area contributed by atoms with Crippen molar-refractivity contribution < 1.29 is 4.79 Å². The van der Waals surface area contributed by atoms with Gasteiger partial charge in [0.15, 0.2) is 0 Å². The van der Waals surface area contributed by atoms with Crippen molar-refractivity contribution in [2.45, 2.75) is 11.9 Å². The first-order chi connectivity index (χ1) is 16.9. The summed E-state index contributed by atoms with van der Waals surface area (Å²) in [7, 11) is 0. The van der Waals surface area contributed by atoms with Crippen LogP contribution in [0.3, 0.4) is 0 Å². The number of aromatic nitrogens is 1. The SMILES string of the molecule is Cc1ccc(-c2cc(-c3ccccc3)c(C#N)c(SCC(=O)Nc3c(Cl)cc(Cl)cc3Cl)n2)cc1. The molecule has 4 aromatic rings. The van der Waals surface area contributed by atoms with E-state index in [4.69, 9.17) is 39.8 Å². The van der Waals surface area contributed by atoms with Crippen LogP contribution in [0.1, 0.15) is 11.1 Å². The second kappa shape index (κ2) is 11.2. The van der Waals surface area contributed by atoms with E-state index in [0.29, 0.717) is 15.6 Å².